The molecule has 5 nitrogen and oxygen atoms in total. The van der Waals surface area contributed by atoms with Crippen LogP contribution in [0.1, 0.15) is 34.0 Å². The third kappa shape index (κ3) is 4.93. The molecule has 4 aromatic rings. The number of nitrogens with one attached hydrogen (secondary N) is 2. The lowest BCUT2D eigenvalue weighted by molar-refractivity contribution is 0.602. The summed E-state index contributed by atoms with van der Waals surface area (Å²) >= 11 is 0. The number of pyridine rings is 1. The molecular formula is C28H25N3O2S. The number of hydrogen-bond donors (Lipinski definition) is 2. The molecule has 0 amide bonds. The zero-order valence-electron chi connectivity index (χ0n) is 18.8. The Labute approximate surface area is 200 Å². The van der Waals surface area contributed by atoms with Gasteiger partial charge in [0.2, 0.25) is 10.0 Å². The van der Waals surface area contributed by atoms with Crippen molar-refractivity contribution in [1.82, 2.24) is 10.3 Å². The quantitative estimate of drug-likeness (QED) is 0.394. The lowest BCUT2D eigenvalue weighted by Gasteiger charge is -2.23. The van der Waals surface area contributed by atoms with E-state index < -0.39 is 10.0 Å². The number of sulfonamides is 1. The smallest absolute Gasteiger partial charge is 0.229 e. The number of nitrogens with zero attached hydrogens (tertiary/aromatic N) is 1. The van der Waals surface area contributed by atoms with Gasteiger partial charge in [-0.25, -0.2) is 8.42 Å². The summed E-state index contributed by atoms with van der Waals surface area (Å²) in [7, 11) is -3.39. The molecular weight excluding hydrogens is 442 g/mol. The van der Waals surface area contributed by atoms with Gasteiger partial charge in [-0.3, -0.25) is 9.71 Å². The van der Waals surface area contributed by atoms with Crippen molar-refractivity contribution in [2.75, 3.05) is 11.0 Å². The van der Waals surface area contributed by atoms with Crippen LogP contribution in [-0.4, -0.2) is 19.7 Å². The molecule has 0 spiro atoms. The summed E-state index contributed by atoms with van der Waals surface area (Å²) in [5.41, 5.74) is 7.78. The first-order valence-corrected chi connectivity index (χ1v) is 13.0. The topological polar surface area (TPSA) is 71.1 Å². The molecule has 1 aliphatic carbocycles. The zero-order valence-corrected chi connectivity index (χ0v) is 19.6. The van der Waals surface area contributed by atoms with Gasteiger partial charge in [0.1, 0.15) is 0 Å². The molecule has 0 saturated carbocycles. The molecule has 0 saturated heterocycles. The van der Waals surface area contributed by atoms with Crippen LogP contribution in [0.2, 0.25) is 0 Å². The Hall–Kier alpha value is -3.74. The van der Waals surface area contributed by atoms with E-state index in [1.165, 1.54) is 5.56 Å². The van der Waals surface area contributed by atoms with Crippen LogP contribution in [0.15, 0.2) is 91.1 Å². The van der Waals surface area contributed by atoms with Crippen molar-refractivity contribution < 1.29 is 8.42 Å². The molecule has 0 fully saturated rings. The highest BCUT2D eigenvalue weighted by molar-refractivity contribution is 7.92. The number of anilines is 1. The van der Waals surface area contributed by atoms with Gasteiger partial charge in [-0.15, -0.1) is 0 Å². The van der Waals surface area contributed by atoms with Crippen molar-refractivity contribution in [3.05, 3.63) is 119 Å². The average Bonchev–Trinajstić information content (AvgIpc) is 2.99. The van der Waals surface area contributed by atoms with E-state index in [1.807, 2.05) is 66.9 Å². The van der Waals surface area contributed by atoms with Crippen molar-refractivity contribution in [2.45, 2.75) is 12.6 Å². The number of aromatic nitrogens is 1. The lowest BCUT2D eigenvalue weighted by atomic mass is 9.93. The monoisotopic (exact) mass is 467 g/mol. The first-order valence-electron chi connectivity index (χ1n) is 11.1. The highest BCUT2D eigenvalue weighted by Crippen LogP contribution is 2.36. The Bertz CT molecular complexity index is 1450. The van der Waals surface area contributed by atoms with E-state index in [1.54, 1.807) is 6.07 Å². The highest BCUT2D eigenvalue weighted by Gasteiger charge is 2.23. The molecule has 0 radical (unpaired) electrons. The minimum atomic E-state index is -3.39. The molecule has 1 aromatic heterocycles. The van der Waals surface area contributed by atoms with Gasteiger partial charge in [0.15, 0.2) is 0 Å². The normalized spacial score (nSPS) is 14.7. The van der Waals surface area contributed by atoms with Crippen LogP contribution >= 0.6 is 0 Å². The molecule has 0 bridgehead atoms. The summed E-state index contributed by atoms with van der Waals surface area (Å²) in [5, 5.41) is 3.70. The van der Waals surface area contributed by atoms with E-state index in [0.29, 0.717) is 12.2 Å². The van der Waals surface area contributed by atoms with Gasteiger partial charge in [0.05, 0.1) is 18.0 Å². The third-order valence-electron chi connectivity index (χ3n) is 5.84. The van der Waals surface area contributed by atoms with Crippen LogP contribution < -0.4 is 10.0 Å². The van der Waals surface area contributed by atoms with Crippen molar-refractivity contribution >= 4 is 27.9 Å². The summed E-state index contributed by atoms with van der Waals surface area (Å²) in [6, 6.07) is 28.0. The fourth-order valence-electron chi connectivity index (χ4n) is 4.28. The molecule has 5 rings (SSSR count). The van der Waals surface area contributed by atoms with Crippen molar-refractivity contribution in [3.8, 4) is 11.1 Å². The van der Waals surface area contributed by atoms with Crippen LogP contribution in [-0.2, 0) is 16.6 Å². The summed E-state index contributed by atoms with van der Waals surface area (Å²) in [6.07, 6.45) is 7.13. The highest BCUT2D eigenvalue weighted by atomic mass is 32.2. The van der Waals surface area contributed by atoms with E-state index in [4.69, 9.17) is 4.98 Å². The van der Waals surface area contributed by atoms with Gasteiger partial charge in [0.25, 0.3) is 0 Å². The molecule has 170 valence electrons. The predicted octanol–water partition coefficient (Wildman–Crippen LogP) is 5.48. The van der Waals surface area contributed by atoms with Gasteiger partial charge in [0, 0.05) is 24.0 Å². The van der Waals surface area contributed by atoms with E-state index in [2.05, 4.69) is 40.4 Å². The standard InChI is InChI=1S/C28H25N3O2S/c1-34(32,33)31-24-14-12-22-13-15-27-26(16-23(19-29-27)21-10-6-3-7-11-21)28(25(22)17-24)30-18-20-8-4-2-5-9-20/h2-17,19,28,30-31H,18H2,1H3. The van der Waals surface area contributed by atoms with Gasteiger partial charge in [-0.2, -0.15) is 0 Å². The second-order valence-corrected chi connectivity index (χ2v) is 10.2. The number of fused-ring (bicyclic) bond motifs is 2. The number of hydrogen-bond acceptors (Lipinski definition) is 4. The minimum absolute atomic E-state index is 0.183. The average molecular weight is 468 g/mol. The van der Waals surface area contributed by atoms with Crippen LogP contribution in [0.25, 0.3) is 23.3 Å². The first-order chi connectivity index (χ1) is 16.5. The molecule has 3 aromatic carbocycles. The Morgan fingerprint density at radius 2 is 1.56 bits per heavy atom. The molecule has 0 aliphatic heterocycles. The van der Waals surface area contributed by atoms with E-state index >= 15 is 0 Å². The fraction of sp³-hybridized carbons (Fsp3) is 0.107. The summed E-state index contributed by atoms with van der Waals surface area (Å²) in [6.45, 7) is 0.656. The van der Waals surface area contributed by atoms with E-state index in [0.717, 1.165) is 39.8 Å². The van der Waals surface area contributed by atoms with Gasteiger partial charge in [-0.1, -0.05) is 72.8 Å². The molecule has 1 aliphatic rings. The Kier molecular flexibility index (Phi) is 6.01. The van der Waals surface area contributed by atoms with E-state index in [-0.39, 0.29) is 6.04 Å². The predicted molar refractivity (Wildman–Crippen MR) is 139 cm³/mol. The largest absolute Gasteiger partial charge is 0.302 e. The second kappa shape index (κ2) is 9.25. The van der Waals surface area contributed by atoms with E-state index in [9.17, 15) is 8.42 Å². The Morgan fingerprint density at radius 3 is 2.29 bits per heavy atom. The van der Waals surface area contributed by atoms with Crippen molar-refractivity contribution in [1.29, 1.82) is 0 Å². The third-order valence-corrected chi connectivity index (χ3v) is 6.45. The molecule has 2 N–H and O–H groups in total. The number of benzene rings is 3. The van der Waals surface area contributed by atoms with Crippen LogP contribution in [0.4, 0.5) is 5.69 Å². The SMILES string of the molecule is CS(=O)(=O)Nc1ccc2c(c1)C(NCc1ccccc1)c1cc(-c3ccccc3)cnc1C=C2. The van der Waals surface area contributed by atoms with Crippen LogP contribution in [0, 0.1) is 0 Å². The Balaban J connectivity index is 1.62. The lowest BCUT2D eigenvalue weighted by Crippen LogP contribution is -2.24. The second-order valence-electron chi connectivity index (χ2n) is 8.42. The summed E-state index contributed by atoms with van der Waals surface area (Å²) in [5.74, 6) is 0. The minimum Gasteiger partial charge on any atom is -0.302 e. The number of rotatable bonds is 6. The van der Waals surface area contributed by atoms with Crippen molar-refractivity contribution in [2.24, 2.45) is 0 Å². The van der Waals surface area contributed by atoms with Crippen molar-refractivity contribution in [3.63, 3.8) is 0 Å². The molecule has 1 unspecified atom stereocenters. The molecule has 1 heterocycles. The first kappa shape index (κ1) is 22.1. The maximum Gasteiger partial charge on any atom is 0.229 e. The summed E-state index contributed by atoms with van der Waals surface area (Å²) < 4.78 is 26.4. The maximum atomic E-state index is 11.9. The van der Waals surface area contributed by atoms with Crippen LogP contribution in [0.5, 0.6) is 0 Å². The fourth-order valence-corrected chi connectivity index (χ4v) is 4.83. The molecule has 34 heavy (non-hydrogen) atoms. The zero-order chi connectivity index (χ0) is 23.5. The summed E-state index contributed by atoms with van der Waals surface area (Å²) in [4.78, 5) is 4.79. The van der Waals surface area contributed by atoms with Gasteiger partial charge in [-0.05, 0) is 52.1 Å². The van der Waals surface area contributed by atoms with Gasteiger partial charge < -0.3 is 5.32 Å². The van der Waals surface area contributed by atoms with Gasteiger partial charge >= 0.3 is 0 Å². The molecule has 1 atom stereocenters. The molecule has 6 heteroatoms. The maximum absolute atomic E-state index is 11.9. The Morgan fingerprint density at radius 1 is 0.824 bits per heavy atom. The van der Waals surface area contributed by atoms with Crippen LogP contribution in [0.3, 0.4) is 0 Å².